The monoisotopic (exact) mass is 343 g/mol. The highest BCUT2D eigenvalue weighted by Crippen LogP contribution is 2.24. The standard InChI is InChI=1S/C19H21NO3S/c1-19(2,3)14-6-8-15(9-7-14)20-17(21)12-24-16-10-4-13(5-11-16)18(22)23/h4-11H,12H2,1-3H3,(H,20,21)(H,22,23). The van der Waals surface area contributed by atoms with Gasteiger partial charge in [-0.25, -0.2) is 4.79 Å². The number of aromatic carboxylic acids is 1. The van der Waals surface area contributed by atoms with Crippen LogP contribution in [0.15, 0.2) is 53.4 Å². The van der Waals surface area contributed by atoms with E-state index in [9.17, 15) is 9.59 Å². The highest BCUT2D eigenvalue weighted by Gasteiger charge is 2.13. The molecule has 0 saturated heterocycles. The normalized spacial score (nSPS) is 11.1. The molecule has 0 aliphatic carbocycles. The molecule has 126 valence electrons. The molecule has 0 fully saturated rings. The van der Waals surface area contributed by atoms with E-state index in [2.05, 4.69) is 26.1 Å². The van der Waals surface area contributed by atoms with Crippen LogP contribution in [0.2, 0.25) is 0 Å². The van der Waals surface area contributed by atoms with Gasteiger partial charge in [0.25, 0.3) is 0 Å². The third-order valence-electron chi connectivity index (χ3n) is 3.51. The van der Waals surface area contributed by atoms with Crippen molar-refractivity contribution >= 4 is 29.3 Å². The number of anilines is 1. The molecule has 2 N–H and O–H groups in total. The Labute approximate surface area is 146 Å². The molecule has 0 saturated carbocycles. The van der Waals surface area contributed by atoms with Crippen LogP contribution in [0, 0.1) is 0 Å². The molecule has 0 aromatic heterocycles. The summed E-state index contributed by atoms with van der Waals surface area (Å²) >= 11 is 1.37. The Hall–Kier alpha value is -2.27. The summed E-state index contributed by atoms with van der Waals surface area (Å²) < 4.78 is 0. The van der Waals surface area contributed by atoms with Gasteiger partial charge >= 0.3 is 5.97 Å². The van der Waals surface area contributed by atoms with Gasteiger partial charge in [0.2, 0.25) is 5.91 Å². The molecule has 0 aliphatic rings. The van der Waals surface area contributed by atoms with Crippen LogP contribution >= 0.6 is 11.8 Å². The van der Waals surface area contributed by atoms with Crippen molar-refractivity contribution in [3.8, 4) is 0 Å². The van der Waals surface area contributed by atoms with Gasteiger partial charge < -0.3 is 10.4 Å². The van der Waals surface area contributed by atoms with Crippen molar-refractivity contribution in [3.05, 3.63) is 59.7 Å². The third kappa shape index (κ3) is 5.13. The Morgan fingerprint density at radius 3 is 2.08 bits per heavy atom. The molecule has 2 rings (SSSR count). The maximum absolute atomic E-state index is 12.0. The van der Waals surface area contributed by atoms with E-state index in [0.717, 1.165) is 10.6 Å². The smallest absolute Gasteiger partial charge is 0.335 e. The van der Waals surface area contributed by atoms with E-state index in [1.165, 1.54) is 29.5 Å². The average Bonchev–Trinajstić information content (AvgIpc) is 2.53. The van der Waals surface area contributed by atoms with Crippen molar-refractivity contribution in [2.75, 3.05) is 11.1 Å². The summed E-state index contributed by atoms with van der Waals surface area (Å²) in [6, 6.07) is 14.3. The molecule has 0 bridgehead atoms. The fourth-order valence-corrected chi connectivity index (χ4v) is 2.79. The van der Waals surface area contributed by atoms with Crippen LogP contribution in [0.3, 0.4) is 0 Å². The van der Waals surface area contributed by atoms with E-state index in [-0.39, 0.29) is 22.6 Å². The summed E-state index contributed by atoms with van der Waals surface area (Å²) in [5.41, 5.74) is 2.31. The van der Waals surface area contributed by atoms with Crippen molar-refractivity contribution in [1.29, 1.82) is 0 Å². The number of carboxylic acid groups (broad SMARTS) is 1. The first-order valence-corrected chi connectivity index (χ1v) is 8.61. The van der Waals surface area contributed by atoms with E-state index in [0.29, 0.717) is 0 Å². The first-order valence-electron chi connectivity index (χ1n) is 7.62. The summed E-state index contributed by atoms with van der Waals surface area (Å²) in [7, 11) is 0. The van der Waals surface area contributed by atoms with Gasteiger partial charge in [0, 0.05) is 10.6 Å². The molecule has 0 heterocycles. The van der Waals surface area contributed by atoms with E-state index in [1.54, 1.807) is 12.1 Å². The fraction of sp³-hybridized carbons (Fsp3) is 0.263. The number of rotatable bonds is 5. The van der Waals surface area contributed by atoms with Crippen LogP contribution in [0.4, 0.5) is 5.69 Å². The second kappa shape index (κ2) is 7.53. The molecule has 4 nitrogen and oxygen atoms in total. The number of hydrogen-bond acceptors (Lipinski definition) is 3. The minimum atomic E-state index is -0.956. The molecular formula is C19H21NO3S. The number of hydrogen-bond donors (Lipinski definition) is 2. The van der Waals surface area contributed by atoms with Gasteiger partial charge in [-0.2, -0.15) is 0 Å². The zero-order valence-corrected chi connectivity index (χ0v) is 14.8. The number of carbonyl (C=O) groups excluding carboxylic acids is 1. The predicted molar refractivity (Wildman–Crippen MR) is 97.9 cm³/mol. The zero-order valence-electron chi connectivity index (χ0n) is 14.0. The number of nitrogens with one attached hydrogen (secondary N) is 1. The number of carboxylic acids is 1. The van der Waals surface area contributed by atoms with Crippen LogP contribution in [0.5, 0.6) is 0 Å². The van der Waals surface area contributed by atoms with E-state index in [4.69, 9.17) is 5.11 Å². The molecular weight excluding hydrogens is 322 g/mol. The third-order valence-corrected chi connectivity index (χ3v) is 4.52. The van der Waals surface area contributed by atoms with Gasteiger partial charge in [0.15, 0.2) is 0 Å². The lowest BCUT2D eigenvalue weighted by Crippen LogP contribution is -2.15. The van der Waals surface area contributed by atoms with Crippen molar-refractivity contribution in [3.63, 3.8) is 0 Å². The molecule has 0 unspecified atom stereocenters. The lowest BCUT2D eigenvalue weighted by Gasteiger charge is -2.19. The maximum Gasteiger partial charge on any atom is 0.335 e. The molecule has 0 atom stereocenters. The summed E-state index contributed by atoms with van der Waals surface area (Å²) in [4.78, 5) is 23.7. The Bertz CT molecular complexity index is 716. The molecule has 24 heavy (non-hydrogen) atoms. The van der Waals surface area contributed by atoms with Gasteiger partial charge in [0.05, 0.1) is 11.3 Å². The lowest BCUT2D eigenvalue weighted by atomic mass is 9.87. The van der Waals surface area contributed by atoms with Crippen LogP contribution < -0.4 is 5.32 Å². The first kappa shape index (κ1) is 18.1. The van der Waals surface area contributed by atoms with E-state index < -0.39 is 5.97 Å². The van der Waals surface area contributed by atoms with Gasteiger partial charge in [-0.1, -0.05) is 32.9 Å². The molecule has 1 amide bonds. The second-order valence-corrected chi connectivity index (χ2v) is 7.54. The molecule has 2 aromatic rings. The Morgan fingerprint density at radius 2 is 1.58 bits per heavy atom. The Balaban J connectivity index is 1.88. The highest BCUT2D eigenvalue weighted by molar-refractivity contribution is 8.00. The van der Waals surface area contributed by atoms with Gasteiger partial charge in [-0.05, 0) is 47.4 Å². The largest absolute Gasteiger partial charge is 0.478 e. The number of amides is 1. The molecule has 2 aromatic carbocycles. The number of benzene rings is 2. The zero-order chi connectivity index (χ0) is 17.7. The second-order valence-electron chi connectivity index (χ2n) is 6.49. The quantitative estimate of drug-likeness (QED) is 0.789. The average molecular weight is 343 g/mol. The Morgan fingerprint density at radius 1 is 1.00 bits per heavy atom. The minimum Gasteiger partial charge on any atom is -0.478 e. The van der Waals surface area contributed by atoms with E-state index in [1.807, 2.05) is 24.3 Å². The predicted octanol–water partition coefficient (Wildman–Crippen LogP) is 4.41. The van der Waals surface area contributed by atoms with Crippen molar-refractivity contribution in [1.82, 2.24) is 0 Å². The topological polar surface area (TPSA) is 66.4 Å². The summed E-state index contributed by atoms with van der Waals surface area (Å²) in [5.74, 6) is -0.776. The number of thioether (sulfide) groups is 1. The first-order chi connectivity index (χ1) is 11.3. The van der Waals surface area contributed by atoms with Gasteiger partial charge in [0.1, 0.15) is 0 Å². The number of carbonyl (C=O) groups is 2. The van der Waals surface area contributed by atoms with Gasteiger partial charge in [-0.15, -0.1) is 11.8 Å². The van der Waals surface area contributed by atoms with Crippen molar-refractivity contribution in [2.45, 2.75) is 31.1 Å². The molecule has 5 heteroatoms. The minimum absolute atomic E-state index is 0.0838. The highest BCUT2D eigenvalue weighted by atomic mass is 32.2. The van der Waals surface area contributed by atoms with Crippen LogP contribution in [-0.4, -0.2) is 22.7 Å². The summed E-state index contributed by atoms with van der Waals surface area (Å²) in [6.45, 7) is 6.44. The van der Waals surface area contributed by atoms with Crippen molar-refractivity contribution in [2.24, 2.45) is 0 Å². The lowest BCUT2D eigenvalue weighted by molar-refractivity contribution is -0.113. The van der Waals surface area contributed by atoms with Crippen LogP contribution in [-0.2, 0) is 10.2 Å². The maximum atomic E-state index is 12.0. The fourth-order valence-electron chi connectivity index (χ4n) is 2.09. The summed E-state index contributed by atoms with van der Waals surface area (Å²) in [5, 5.41) is 11.7. The SMILES string of the molecule is CC(C)(C)c1ccc(NC(=O)CSc2ccc(C(=O)O)cc2)cc1. The molecule has 0 radical (unpaired) electrons. The van der Waals surface area contributed by atoms with Crippen molar-refractivity contribution < 1.29 is 14.7 Å². The summed E-state index contributed by atoms with van der Waals surface area (Å²) in [6.07, 6.45) is 0. The van der Waals surface area contributed by atoms with Crippen LogP contribution in [0.1, 0.15) is 36.7 Å². The van der Waals surface area contributed by atoms with E-state index >= 15 is 0 Å². The van der Waals surface area contributed by atoms with Gasteiger partial charge in [-0.3, -0.25) is 4.79 Å². The molecule has 0 spiro atoms. The van der Waals surface area contributed by atoms with Crippen LogP contribution in [0.25, 0.3) is 0 Å². The molecule has 0 aliphatic heterocycles. The Kier molecular flexibility index (Phi) is 5.67.